The highest BCUT2D eigenvalue weighted by Gasteiger charge is 2.85. The molecule has 2 atom stereocenters. The Morgan fingerprint density at radius 3 is 1.92 bits per heavy atom. The largest absolute Gasteiger partial charge is 0.460 e. The van der Waals surface area contributed by atoms with Gasteiger partial charge in [-0.05, 0) is 19.3 Å². The van der Waals surface area contributed by atoms with Crippen LogP contribution in [0.3, 0.4) is 0 Å². The van der Waals surface area contributed by atoms with Gasteiger partial charge in [-0.2, -0.15) is 51.3 Å². The van der Waals surface area contributed by atoms with Gasteiger partial charge < -0.3 is 0 Å². The quantitative estimate of drug-likeness (QED) is 0.648. The van der Waals surface area contributed by atoms with E-state index in [9.17, 15) is 47.9 Å². The minimum absolute atomic E-state index is 0.370. The van der Waals surface area contributed by atoms with Gasteiger partial charge in [0, 0.05) is 15.4 Å². The van der Waals surface area contributed by atoms with Gasteiger partial charge in [0.25, 0.3) is 0 Å². The molecular formula is C11H9F9O2S2. The maximum Gasteiger partial charge on any atom is 0.460 e. The third-order valence-corrected chi connectivity index (χ3v) is 7.17. The molecule has 13 heteroatoms. The van der Waals surface area contributed by atoms with E-state index in [0.717, 1.165) is 6.08 Å². The minimum Gasteiger partial charge on any atom is -0.217 e. The van der Waals surface area contributed by atoms with Crippen molar-refractivity contribution in [1.82, 2.24) is 0 Å². The second-order valence-electron chi connectivity index (χ2n) is 5.38. The average molecular weight is 408 g/mol. The highest BCUT2D eigenvalue weighted by molar-refractivity contribution is 8.01. The SMILES string of the molecule is O=S(=O)(C1=C[C@@H]2CC[C@H](C1)S2)C(F)(F)C(F)(F)C(F)(F)C(F)(F)F. The molecular weight excluding hydrogens is 399 g/mol. The van der Waals surface area contributed by atoms with Gasteiger partial charge in [-0.15, -0.1) is 0 Å². The molecule has 2 nitrogen and oxygen atoms in total. The van der Waals surface area contributed by atoms with Crippen molar-refractivity contribution in [3.8, 4) is 0 Å². The predicted molar refractivity (Wildman–Crippen MR) is 66.9 cm³/mol. The van der Waals surface area contributed by atoms with Crippen LogP contribution in [0, 0.1) is 0 Å². The predicted octanol–water partition coefficient (Wildman–Crippen LogP) is 4.38. The Bertz CT molecular complexity index is 651. The molecule has 24 heavy (non-hydrogen) atoms. The fraction of sp³-hybridized carbons (Fsp3) is 0.818. The fourth-order valence-electron chi connectivity index (χ4n) is 2.40. The van der Waals surface area contributed by atoms with Crippen molar-refractivity contribution in [2.75, 3.05) is 0 Å². The Kier molecular flexibility index (Phi) is 4.48. The van der Waals surface area contributed by atoms with Crippen molar-refractivity contribution >= 4 is 21.6 Å². The summed E-state index contributed by atoms with van der Waals surface area (Å²) in [6, 6.07) is 0. The third kappa shape index (κ3) is 2.61. The van der Waals surface area contributed by atoms with E-state index >= 15 is 0 Å². The van der Waals surface area contributed by atoms with Crippen LogP contribution in [-0.2, 0) is 9.84 Å². The lowest BCUT2D eigenvalue weighted by molar-refractivity contribution is -0.382. The average Bonchev–Trinajstić information content (AvgIpc) is 2.75. The van der Waals surface area contributed by atoms with Crippen molar-refractivity contribution in [3.63, 3.8) is 0 Å². The van der Waals surface area contributed by atoms with E-state index in [4.69, 9.17) is 0 Å². The van der Waals surface area contributed by atoms with Crippen LogP contribution in [0.5, 0.6) is 0 Å². The molecule has 2 rings (SSSR count). The molecule has 140 valence electrons. The van der Waals surface area contributed by atoms with Crippen molar-refractivity contribution in [3.05, 3.63) is 11.0 Å². The zero-order valence-electron chi connectivity index (χ0n) is 11.4. The van der Waals surface area contributed by atoms with Crippen LogP contribution in [0.4, 0.5) is 39.5 Å². The standard InChI is InChI=1S/C11H9F9O2S2/c12-8(13,10(16,17)18)9(14,15)11(19,20)24(21,22)7-3-5-1-2-6(4-7)23-5/h3,5-6H,1-2,4H2/t5-,6+/m0/s1. The van der Waals surface area contributed by atoms with Crippen LogP contribution in [0.15, 0.2) is 11.0 Å². The summed E-state index contributed by atoms with van der Waals surface area (Å²) in [6.45, 7) is 0. The summed E-state index contributed by atoms with van der Waals surface area (Å²) in [5, 5.41) is -7.69. The van der Waals surface area contributed by atoms with Crippen molar-refractivity contribution in [2.45, 2.75) is 53.0 Å². The molecule has 0 aromatic heterocycles. The first-order valence-corrected chi connectivity index (χ1v) is 8.79. The minimum atomic E-state index is -7.22. The van der Waals surface area contributed by atoms with E-state index in [1.807, 2.05) is 0 Å². The summed E-state index contributed by atoms with van der Waals surface area (Å²) < 4.78 is 139. The molecule has 0 aromatic carbocycles. The van der Waals surface area contributed by atoms with E-state index in [-0.39, 0.29) is 0 Å². The number of fused-ring (bicyclic) bond motifs is 2. The molecule has 0 unspecified atom stereocenters. The second-order valence-corrected chi connectivity index (χ2v) is 8.97. The smallest absolute Gasteiger partial charge is 0.217 e. The molecule has 0 amide bonds. The number of halogens is 9. The normalized spacial score (nSPS) is 26.5. The van der Waals surface area contributed by atoms with Crippen LogP contribution < -0.4 is 0 Å². The van der Waals surface area contributed by atoms with Crippen molar-refractivity contribution < 1.29 is 47.9 Å². The second kappa shape index (κ2) is 5.45. The van der Waals surface area contributed by atoms with Crippen LogP contribution in [0.2, 0.25) is 0 Å². The fourth-order valence-corrected chi connectivity index (χ4v) is 5.71. The number of hydrogen-bond acceptors (Lipinski definition) is 3. The van der Waals surface area contributed by atoms with Crippen molar-refractivity contribution in [2.24, 2.45) is 0 Å². The summed E-state index contributed by atoms with van der Waals surface area (Å²) in [4.78, 5) is -1.23. The lowest BCUT2D eigenvalue weighted by atomic mass is 10.1. The topological polar surface area (TPSA) is 34.1 Å². The molecule has 0 aromatic rings. The lowest BCUT2D eigenvalue weighted by Gasteiger charge is -2.34. The highest BCUT2D eigenvalue weighted by Crippen LogP contribution is 2.57. The van der Waals surface area contributed by atoms with Gasteiger partial charge in [0.15, 0.2) is 0 Å². The molecule has 2 aliphatic heterocycles. The lowest BCUT2D eigenvalue weighted by Crippen LogP contribution is -2.63. The van der Waals surface area contributed by atoms with Gasteiger partial charge in [-0.3, -0.25) is 0 Å². The van der Waals surface area contributed by atoms with Crippen LogP contribution >= 0.6 is 11.8 Å². The molecule has 0 saturated carbocycles. The molecule has 0 spiro atoms. The number of allylic oxidation sites excluding steroid dienone is 1. The van der Waals surface area contributed by atoms with Crippen LogP contribution in [0.1, 0.15) is 19.3 Å². The van der Waals surface area contributed by atoms with Gasteiger partial charge in [0.2, 0.25) is 9.84 Å². The van der Waals surface area contributed by atoms with Crippen molar-refractivity contribution in [1.29, 1.82) is 0 Å². The maximum absolute atomic E-state index is 13.7. The van der Waals surface area contributed by atoms with Gasteiger partial charge in [-0.25, -0.2) is 8.42 Å². The van der Waals surface area contributed by atoms with E-state index in [2.05, 4.69) is 0 Å². The Labute approximate surface area is 134 Å². The molecule has 1 saturated heterocycles. The first kappa shape index (κ1) is 19.7. The molecule has 2 heterocycles. The summed E-state index contributed by atoms with van der Waals surface area (Å²) >= 11 is 1.20. The van der Waals surface area contributed by atoms with E-state index < -0.39 is 54.9 Å². The first-order valence-electron chi connectivity index (χ1n) is 6.36. The number of thioether (sulfide) groups is 1. The summed E-state index contributed by atoms with van der Waals surface area (Å²) in [6.07, 6.45) is -6.18. The Morgan fingerprint density at radius 2 is 1.46 bits per heavy atom. The molecule has 2 aliphatic rings. The van der Waals surface area contributed by atoms with Gasteiger partial charge in [-0.1, -0.05) is 6.08 Å². The number of rotatable bonds is 4. The summed E-state index contributed by atoms with van der Waals surface area (Å²) in [5.74, 6) is -14.4. The zero-order valence-corrected chi connectivity index (χ0v) is 13.0. The Hall–Kier alpha value is -0.590. The number of alkyl halides is 9. The van der Waals surface area contributed by atoms with Gasteiger partial charge in [0.05, 0.1) is 0 Å². The van der Waals surface area contributed by atoms with Gasteiger partial charge >= 0.3 is 23.3 Å². The molecule has 0 radical (unpaired) electrons. The van der Waals surface area contributed by atoms with Crippen LogP contribution in [-0.4, -0.2) is 42.2 Å². The number of sulfone groups is 1. The molecule has 1 fully saturated rings. The molecule has 0 aliphatic carbocycles. The monoisotopic (exact) mass is 408 g/mol. The number of hydrogen-bond donors (Lipinski definition) is 0. The van der Waals surface area contributed by atoms with Gasteiger partial charge in [0.1, 0.15) is 0 Å². The third-order valence-electron chi connectivity index (χ3n) is 3.74. The zero-order chi connectivity index (χ0) is 18.8. The Morgan fingerprint density at radius 1 is 0.917 bits per heavy atom. The summed E-state index contributed by atoms with van der Waals surface area (Å²) in [7, 11) is -6.40. The maximum atomic E-state index is 13.7. The first-order chi connectivity index (χ1) is 10.6. The highest BCUT2D eigenvalue weighted by atomic mass is 32.2. The molecule has 0 N–H and O–H groups in total. The van der Waals surface area contributed by atoms with E-state index in [1.54, 1.807) is 0 Å². The van der Waals surface area contributed by atoms with E-state index in [1.165, 1.54) is 11.8 Å². The van der Waals surface area contributed by atoms with E-state index in [0.29, 0.717) is 12.8 Å². The molecule has 2 bridgehead atoms. The summed E-state index contributed by atoms with van der Waals surface area (Å²) in [5.41, 5.74) is 0. The van der Waals surface area contributed by atoms with Crippen LogP contribution in [0.25, 0.3) is 0 Å². The Balaban J connectivity index is 2.48.